The van der Waals surface area contributed by atoms with Crippen LogP contribution in [0.3, 0.4) is 0 Å². The Bertz CT molecular complexity index is 1070. The largest absolute Gasteiger partial charge is 0.867 e. The molecule has 4 aromatic rings. The second-order valence-electron chi connectivity index (χ2n) is 7.45. The zero-order valence-corrected chi connectivity index (χ0v) is 20.6. The molecule has 0 N–H and O–H groups in total. The molecule has 4 rings (SSSR count). The van der Waals surface area contributed by atoms with Crippen molar-refractivity contribution in [3.05, 3.63) is 97.8 Å². The van der Waals surface area contributed by atoms with Crippen LogP contribution in [0.2, 0.25) is 0 Å². The highest BCUT2D eigenvalue weighted by molar-refractivity contribution is 6.27. The fourth-order valence-electron chi connectivity index (χ4n) is 2.99. The van der Waals surface area contributed by atoms with Gasteiger partial charge in [-0.1, -0.05) is 0 Å². The number of halogens is 2. The highest BCUT2D eigenvalue weighted by atomic mass is 19.1. The van der Waals surface area contributed by atoms with E-state index in [1.165, 1.54) is 22.5 Å². The van der Waals surface area contributed by atoms with Crippen LogP contribution in [0.1, 0.15) is 0 Å². The summed E-state index contributed by atoms with van der Waals surface area (Å²) < 4.78 is 28.1. The van der Waals surface area contributed by atoms with Gasteiger partial charge in [-0.3, -0.25) is 0 Å². The maximum absolute atomic E-state index is 9.89. The van der Waals surface area contributed by atoms with Crippen LogP contribution in [0.4, 0.5) is 8.63 Å². The molecule has 188 valence electrons. The lowest BCUT2D eigenvalue weighted by atomic mass is 10.2. The molecule has 0 unspecified atom stereocenters. The van der Waals surface area contributed by atoms with Crippen molar-refractivity contribution in [2.45, 2.75) is 0 Å². The third kappa shape index (κ3) is 12.2. The third-order valence-corrected chi connectivity index (χ3v) is 4.66. The van der Waals surface area contributed by atoms with E-state index < -0.39 is 14.8 Å². The Hall–Kier alpha value is -3.57. The lowest BCUT2D eigenvalue weighted by Crippen LogP contribution is -2.39. The molecule has 0 saturated heterocycles. The first-order valence-electron chi connectivity index (χ1n) is 10.7. The SMILES string of the molecule is C[n+]1ccc(-c2cccc[n+]2C)cc1.C[n+]1ccc(-c2cccc[n+]2C)cc1.[O-]B([O-])F.[O-]B([O-])F. The van der Waals surface area contributed by atoms with Gasteiger partial charge in [0.05, 0.1) is 11.1 Å². The van der Waals surface area contributed by atoms with Crippen molar-refractivity contribution in [1.29, 1.82) is 0 Å². The minimum Gasteiger partial charge on any atom is -0.867 e. The number of rotatable bonds is 2. The Labute approximate surface area is 210 Å². The highest BCUT2D eigenvalue weighted by Crippen LogP contribution is 2.12. The van der Waals surface area contributed by atoms with Gasteiger partial charge in [-0.25, -0.2) is 18.3 Å². The Morgan fingerprint density at radius 1 is 0.500 bits per heavy atom. The molecular formula is C24H28B2F2N4O4. The molecule has 12 heteroatoms. The van der Waals surface area contributed by atoms with E-state index in [9.17, 15) is 8.63 Å². The smallest absolute Gasteiger partial charge is 0.212 e. The average molecular weight is 496 g/mol. The molecule has 0 radical (unpaired) electrons. The van der Waals surface area contributed by atoms with E-state index in [-0.39, 0.29) is 0 Å². The summed E-state index contributed by atoms with van der Waals surface area (Å²) in [6.45, 7) is 0. The topological polar surface area (TPSA) is 108 Å². The molecule has 0 saturated carbocycles. The minimum atomic E-state index is -3.17. The van der Waals surface area contributed by atoms with E-state index in [2.05, 4.69) is 109 Å². The monoisotopic (exact) mass is 496 g/mol. The Morgan fingerprint density at radius 3 is 1.03 bits per heavy atom. The summed E-state index contributed by atoms with van der Waals surface area (Å²) in [6, 6.07) is 20.9. The number of hydrogen-bond acceptors (Lipinski definition) is 4. The van der Waals surface area contributed by atoms with Crippen LogP contribution >= 0.6 is 0 Å². The first kappa shape index (κ1) is 30.5. The molecule has 0 aromatic carbocycles. The van der Waals surface area contributed by atoms with Gasteiger partial charge in [-0.15, -0.1) is 0 Å². The van der Waals surface area contributed by atoms with Gasteiger partial charge in [-0.05, 0) is 12.1 Å². The number of hydrogen-bond donors (Lipinski definition) is 0. The molecule has 4 heterocycles. The first-order chi connectivity index (χ1) is 17.0. The molecule has 0 aliphatic rings. The lowest BCUT2D eigenvalue weighted by Gasteiger charge is -2.09. The molecule has 0 aliphatic carbocycles. The molecular weight excluding hydrogens is 468 g/mol. The molecule has 0 amide bonds. The standard InChI is InChI=1S/2C12H14N2.2BFO2/c2*1-13-9-6-11(7-10-13)12-5-3-4-8-14(12)2;2*2-1(3)4/h2*3-10H,1-2H3;;/q2*+2;2*-2. The normalized spacial score (nSPS) is 9.39. The van der Waals surface area contributed by atoms with Crippen molar-refractivity contribution >= 4 is 14.8 Å². The van der Waals surface area contributed by atoms with Crippen LogP contribution in [0, 0.1) is 0 Å². The van der Waals surface area contributed by atoms with Crippen LogP contribution in [0.5, 0.6) is 0 Å². The summed E-state index contributed by atoms with van der Waals surface area (Å²) in [5, 5.41) is 33.2. The fraction of sp³-hybridized carbons (Fsp3) is 0.167. The Kier molecular flexibility index (Phi) is 13.7. The van der Waals surface area contributed by atoms with E-state index in [1.54, 1.807) is 0 Å². The van der Waals surface area contributed by atoms with Gasteiger partial charge in [0.2, 0.25) is 11.4 Å². The van der Waals surface area contributed by atoms with Crippen LogP contribution in [0.15, 0.2) is 97.8 Å². The van der Waals surface area contributed by atoms with Gasteiger partial charge in [0.1, 0.15) is 43.0 Å². The third-order valence-electron chi connectivity index (χ3n) is 4.66. The zero-order valence-electron chi connectivity index (χ0n) is 20.6. The van der Waals surface area contributed by atoms with Crippen LogP contribution in [-0.2, 0) is 28.2 Å². The molecule has 0 atom stereocenters. The van der Waals surface area contributed by atoms with Gasteiger partial charge < -0.3 is 28.7 Å². The first-order valence-corrected chi connectivity index (χ1v) is 10.7. The molecule has 8 nitrogen and oxygen atoms in total. The highest BCUT2D eigenvalue weighted by Gasteiger charge is 2.09. The predicted octanol–water partition coefficient (Wildman–Crippen LogP) is -2.67. The van der Waals surface area contributed by atoms with Crippen molar-refractivity contribution in [2.75, 3.05) is 0 Å². The van der Waals surface area contributed by atoms with Crippen molar-refractivity contribution < 1.29 is 47.0 Å². The zero-order chi connectivity index (χ0) is 27.1. The summed E-state index contributed by atoms with van der Waals surface area (Å²) in [5.74, 6) is 0. The molecule has 0 fully saturated rings. The number of pyridine rings is 4. The van der Waals surface area contributed by atoms with Crippen molar-refractivity contribution in [3.63, 3.8) is 0 Å². The van der Waals surface area contributed by atoms with Crippen LogP contribution < -0.4 is 38.4 Å². The molecule has 0 bridgehead atoms. The average Bonchev–Trinajstić information content (AvgIpc) is 2.81. The fourth-order valence-corrected chi connectivity index (χ4v) is 2.99. The second kappa shape index (κ2) is 16.2. The quantitative estimate of drug-likeness (QED) is 0.223. The summed E-state index contributed by atoms with van der Waals surface area (Å²) in [7, 11) is 1.83. The maximum atomic E-state index is 9.89. The second-order valence-corrected chi connectivity index (χ2v) is 7.45. The Balaban J connectivity index is 0.000000279. The van der Waals surface area contributed by atoms with E-state index >= 15 is 0 Å². The van der Waals surface area contributed by atoms with Crippen LogP contribution in [-0.4, -0.2) is 14.8 Å². The summed E-state index contributed by atoms with van der Waals surface area (Å²) >= 11 is 0. The van der Waals surface area contributed by atoms with Gasteiger partial charge in [-0.2, -0.15) is 0 Å². The van der Waals surface area contributed by atoms with E-state index in [0.717, 1.165) is 0 Å². The van der Waals surface area contributed by atoms with E-state index in [4.69, 9.17) is 20.1 Å². The van der Waals surface area contributed by atoms with E-state index in [0.29, 0.717) is 0 Å². The van der Waals surface area contributed by atoms with Gasteiger partial charge in [0.15, 0.2) is 37.2 Å². The van der Waals surface area contributed by atoms with Gasteiger partial charge >= 0.3 is 0 Å². The van der Waals surface area contributed by atoms with Crippen molar-refractivity contribution in [2.24, 2.45) is 28.2 Å². The number of nitrogens with zero attached hydrogens (tertiary/aromatic N) is 4. The molecule has 36 heavy (non-hydrogen) atoms. The summed E-state index contributed by atoms with van der Waals surface area (Å²) in [4.78, 5) is 0. The van der Waals surface area contributed by atoms with Crippen molar-refractivity contribution in [1.82, 2.24) is 0 Å². The number of aromatic nitrogens is 4. The van der Waals surface area contributed by atoms with Crippen LogP contribution in [0.25, 0.3) is 22.5 Å². The Morgan fingerprint density at radius 2 is 0.778 bits per heavy atom. The summed E-state index contributed by atoms with van der Waals surface area (Å²) in [6.07, 6.45) is 12.3. The van der Waals surface area contributed by atoms with E-state index in [1.807, 2.05) is 35.4 Å². The number of aryl methyl sites for hydroxylation is 4. The molecule has 0 aliphatic heterocycles. The maximum Gasteiger partial charge on any atom is 0.212 e. The van der Waals surface area contributed by atoms with Gasteiger partial charge in [0.25, 0.3) is 0 Å². The molecule has 0 spiro atoms. The lowest BCUT2D eigenvalue weighted by molar-refractivity contribution is -0.672. The van der Waals surface area contributed by atoms with Crippen molar-refractivity contribution in [3.8, 4) is 22.5 Å². The minimum absolute atomic E-state index is 1.23. The summed E-state index contributed by atoms with van der Waals surface area (Å²) in [5.41, 5.74) is 4.94. The predicted molar refractivity (Wildman–Crippen MR) is 122 cm³/mol. The van der Waals surface area contributed by atoms with Gasteiger partial charge in [0, 0.05) is 48.5 Å². The molecule has 4 aromatic heterocycles.